The Bertz CT molecular complexity index is 1600. The Morgan fingerprint density at radius 2 is 1.73 bits per heavy atom. The van der Waals surface area contributed by atoms with Crippen molar-refractivity contribution in [2.24, 2.45) is 0 Å². The van der Waals surface area contributed by atoms with Crippen LogP contribution in [0.2, 0.25) is 0 Å². The molecule has 0 radical (unpaired) electrons. The third kappa shape index (κ3) is 7.41. The number of nitrogens with zero attached hydrogens (tertiary/aromatic N) is 1. The molecule has 11 heteroatoms. The van der Waals surface area contributed by atoms with E-state index in [1.54, 1.807) is 66.5 Å². The number of carboxylic acids is 1. The van der Waals surface area contributed by atoms with Crippen molar-refractivity contribution in [3.05, 3.63) is 94.8 Å². The first-order valence-corrected chi connectivity index (χ1v) is 12.7. The third-order valence-electron chi connectivity index (χ3n) is 6.29. The molecule has 0 saturated carbocycles. The van der Waals surface area contributed by atoms with Crippen molar-refractivity contribution in [1.82, 2.24) is 5.32 Å². The number of alkyl carbamates (subject to hydrolysis) is 1. The number of hydrogen-bond acceptors (Lipinski definition) is 8. The Balaban J connectivity index is 1.55. The SMILES string of the molecule is COc1ccc(N(C)c2cc(=O)oc3ccccc23)cc1NC(=O)C(CCC(=O)O)NC(=O)OCc1ccccc1. The van der Waals surface area contributed by atoms with Gasteiger partial charge in [0.2, 0.25) is 5.91 Å². The molecule has 41 heavy (non-hydrogen) atoms. The van der Waals surface area contributed by atoms with Gasteiger partial charge in [0.05, 0.1) is 18.5 Å². The number of carboxylic acid groups (broad SMARTS) is 1. The van der Waals surface area contributed by atoms with Gasteiger partial charge in [0.15, 0.2) is 0 Å². The van der Waals surface area contributed by atoms with Gasteiger partial charge in [-0.1, -0.05) is 42.5 Å². The molecule has 0 aliphatic heterocycles. The van der Waals surface area contributed by atoms with E-state index in [9.17, 15) is 24.3 Å². The molecule has 0 aliphatic carbocycles. The molecule has 4 aromatic rings. The number of aliphatic carboxylic acids is 1. The van der Waals surface area contributed by atoms with Gasteiger partial charge < -0.3 is 34.5 Å². The molecule has 0 bridgehead atoms. The van der Waals surface area contributed by atoms with Crippen molar-refractivity contribution in [3.63, 3.8) is 0 Å². The summed E-state index contributed by atoms with van der Waals surface area (Å²) in [6.07, 6.45) is -1.40. The number of hydrogen-bond donors (Lipinski definition) is 3. The zero-order valence-corrected chi connectivity index (χ0v) is 22.5. The topological polar surface area (TPSA) is 147 Å². The van der Waals surface area contributed by atoms with Crippen LogP contribution in [-0.4, -0.2) is 43.3 Å². The summed E-state index contributed by atoms with van der Waals surface area (Å²) in [4.78, 5) is 50.9. The molecule has 0 fully saturated rings. The number of ether oxygens (including phenoxy) is 2. The summed E-state index contributed by atoms with van der Waals surface area (Å²) in [5.74, 6) is -1.45. The Morgan fingerprint density at radius 3 is 2.46 bits per heavy atom. The van der Waals surface area contributed by atoms with E-state index in [0.717, 1.165) is 5.56 Å². The summed E-state index contributed by atoms with van der Waals surface area (Å²) in [6.45, 7) is -0.0192. The summed E-state index contributed by atoms with van der Waals surface area (Å²) in [7, 11) is 3.19. The number of nitrogens with one attached hydrogen (secondary N) is 2. The Morgan fingerprint density at radius 1 is 1.00 bits per heavy atom. The van der Waals surface area contributed by atoms with E-state index in [0.29, 0.717) is 28.1 Å². The number of carbonyl (C=O) groups is 3. The van der Waals surface area contributed by atoms with Gasteiger partial charge in [-0.2, -0.15) is 0 Å². The number of amides is 2. The zero-order valence-electron chi connectivity index (χ0n) is 22.5. The van der Waals surface area contributed by atoms with Gasteiger partial charge in [-0.15, -0.1) is 0 Å². The van der Waals surface area contributed by atoms with Crippen LogP contribution in [0.3, 0.4) is 0 Å². The highest BCUT2D eigenvalue weighted by atomic mass is 16.5. The third-order valence-corrected chi connectivity index (χ3v) is 6.29. The van der Waals surface area contributed by atoms with Crippen molar-refractivity contribution in [3.8, 4) is 5.75 Å². The van der Waals surface area contributed by atoms with Crippen molar-refractivity contribution in [1.29, 1.82) is 0 Å². The number of rotatable bonds is 11. The normalized spacial score (nSPS) is 11.4. The summed E-state index contributed by atoms with van der Waals surface area (Å²) in [6, 6.07) is 21.3. The summed E-state index contributed by atoms with van der Waals surface area (Å²) < 4.78 is 15.9. The second-order valence-corrected chi connectivity index (χ2v) is 9.07. The fourth-order valence-corrected chi connectivity index (χ4v) is 4.18. The smallest absolute Gasteiger partial charge is 0.408 e. The summed E-state index contributed by atoms with van der Waals surface area (Å²) in [5.41, 5.74) is 2.13. The maximum atomic E-state index is 13.3. The van der Waals surface area contributed by atoms with Crippen molar-refractivity contribution in [2.75, 3.05) is 24.4 Å². The average Bonchev–Trinajstić information content (AvgIpc) is 2.97. The molecular weight excluding hydrogens is 530 g/mol. The number of carbonyl (C=O) groups excluding carboxylic acids is 2. The molecule has 3 N–H and O–H groups in total. The lowest BCUT2D eigenvalue weighted by Gasteiger charge is -2.23. The van der Waals surface area contributed by atoms with Crippen LogP contribution in [0.1, 0.15) is 18.4 Å². The molecule has 4 rings (SSSR count). The first-order valence-electron chi connectivity index (χ1n) is 12.7. The quantitative estimate of drug-likeness (QED) is 0.223. The van der Waals surface area contributed by atoms with E-state index in [-0.39, 0.29) is 25.1 Å². The Kier molecular flexibility index (Phi) is 9.20. The minimum absolute atomic E-state index is 0.0192. The van der Waals surface area contributed by atoms with Crippen LogP contribution in [0.4, 0.5) is 21.9 Å². The molecule has 1 heterocycles. The minimum atomic E-state index is -1.21. The van der Waals surface area contributed by atoms with Crippen molar-refractivity contribution in [2.45, 2.75) is 25.5 Å². The number of methoxy groups -OCH3 is 1. The summed E-state index contributed by atoms with van der Waals surface area (Å²) in [5, 5.41) is 15.1. The molecule has 0 spiro atoms. The first kappa shape index (κ1) is 28.7. The fraction of sp³-hybridized carbons (Fsp3) is 0.200. The standard InChI is InChI=1S/C30H29N3O8/c1-33(24-17-28(36)41-25-11-7-6-10-21(24)25)20-12-14-26(39-2)23(16-20)31-29(37)22(13-15-27(34)35)32-30(38)40-18-19-8-4-3-5-9-19/h3-12,14,16-17,22H,13,15,18H2,1-2H3,(H,31,37)(H,32,38)(H,34,35). The van der Waals surface area contributed by atoms with Gasteiger partial charge in [0.25, 0.3) is 0 Å². The van der Waals surface area contributed by atoms with Gasteiger partial charge in [-0.3, -0.25) is 9.59 Å². The maximum Gasteiger partial charge on any atom is 0.408 e. The molecular formula is C30H29N3O8. The van der Waals surface area contributed by atoms with E-state index in [4.69, 9.17) is 13.9 Å². The van der Waals surface area contributed by atoms with E-state index >= 15 is 0 Å². The van der Waals surface area contributed by atoms with Crippen LogP contribution in [-0.2, 0) is 20.9 Å². The lowest BCUT2D eigenvalue weighted by Crippen LogP contribution is -2.44. The molecule has 1 atom stereocenters. The fourth-order valence-electron chi connectivity index (χ4n) is 4.18. The van der Waals surface area contributed by atoms with Crippen molar-refractivity contribution < 1.29 is 33.4 Å². The van der Waals surface area contributed by atoms with E-state index in [1.807, 2.05) is 18.2 Å². The molecule has 3 aromatic carbocycles. The van der Waals surface area contributed by atoms with Crippen LogP contribution in [0.5, 0.6) is 5.75 Å². The molecule has 0 aliphatic rings. The monoisotopic (exact) mass is 559 g/mol. The second kappa shape index (κ2) is 13.2. The highest BCUT2D eigenvalue weighted by molar-refractivity contribution is 5.99. The molecule has 1 unspecified atom stereocenters. The van der Waals surface area contributed by atoms with Gasteiger partial charge in [-0.05, 0) is 42.3 Å². The van der Waals surface area contributed by atoms with Gasteiger partial charge >= 0.3 is 17.7 Å². The van der Waals surface area contributed by atoms with Crippen molar-refractivity contribution >= 4 is 46.0 Å². The molecule has 11 nitrogen and oxygen atoms in total. The molecule has 2 amide bonds. The number of fused-ring (bicyclic) bond motifs is 1. The number of anilines is 3. The number of benzene rings is 3. The maximum absolute atomic E-state index is 13.3. The second-order valence-electron chi connectivity index (χ2n) is 9.07. The predicted molar refractivity (Wildman–Crippen MR) is 153 cm³/mol. The molecule has 1 aromatic heterocycles. The lowest BCUT2D eigenvalue weighted by molar-refractivity contribution is -0.137. The van der Waals surface area contributed by atoms with Gasteiger partial charge in [0, 0.05) is 30.6 Å². The molecule has 0 saturated heterocycles. The Hall–Kier alpha value is -5.32. The zero-order chi connectivity index (χ0) is 29.4. The first-order chi connectivity index (χ1) is 19.7. The van der Waals surface area contributed by atoms with Crippen LogP contribution in [0.15, 0.2) is 88.1 Å². The van der Waals surface area contributed by atoms with Gasteiger partial charge in [0.1, 0.15) is 24.0 Å². The highest BCUT2D eigenvalue weighted by Crippen LogP contribution is 2.34. The van der Waals surface area contributed by atoms with E-state index in [1.165, 1.54) is 13.2 Å². The van der Waals surface area contributed by atoms with Crippen LogP contribution < -0.4 is 25.9 Å². The van der Waals surface area contributed by atoms with E-state index < -0.39 is 29.6 Å². The van der Waals surface area contributed by atoms with Crippen LogP contribution >= 0.6 is 0 Å². The van der Waals surface area contributed by atoms with Gasteiger partial charge in [-0.25, -0.2) is 9.59 Å². The lowest BCUT2D eigenvalue weighted by atomic mass is 10.1. The largest absolute Gasteiger partial charge is 0.495 e. The highest BCUT2D eigenvalue weighted by Gasteiger charge is 2.24. The predicted octanol–water partition coefficient (Wildman–Crippen LogP) is 4.67. The summed E-state index contributed by atoms with van der Waals surface area (Å²) >= 11 is 0. The number of para-hydroxylation sites is 1. The minimum Gasteiger partial charge on any atom is -0.495 e. The van der Waals surface area contributed by atoms with Crippen LogP contribution in [0.25, 0.3) is 11.0 Å². The average molecular weight is 560 g/mol. The molecule has 212 valence electrons. The van der Waals surface area contributed by atoms with E-state index in [2.05, 4.69) is 10.6 Å². The van der Waals surface area contributed by atoms with Crippen LogP contribution in [0, 0.1) is 0 Å². The Labute approximate surface area is 235 Å².